The number of nitrogens with zero attached hydrogens (tertiary/aromatic N) is 2. The van der Waals surface area contributed by atoms with E-state index >= 15 is 0 Å². The van der Waals surface area contributed by atoms with Gasteiger partial charge in [0.25, 0.3) is 0 Å². The zero-order chi connectivity index (χ0) is 17.3. The Hall–Kier alpha value is -1.44. The molecule has 0 spiro atoms. The van der Waals surface area contributed by atoms with Crippen molar-refractivity contribution >= 4 is 11.3 Å². The molecule has 0 aliphatic carbocycles. The first-order valence-electron chi connectivity index (χ1n) is 7.81. The maximum absolute atomic E-state index is 12.6. The lowest BCUT2D eigenvalue weighted by Gasteiger charge is -2.34. The summed E-state index contributed by atoms with van der Waals surface area (Å²) in [5.74, 6) is 0. The summed E-state index contributed by atoms with van der Waals surface area (Å²) in [7, 11) is 0. The summed E-state index contributed by atoms with van der Waals surface area (Å²) in [5.41, 5.74) is 1.01. The van der Waals surface area contributed by atoms with Crippen LogP contribution in [0.25, 0.3) is 10.6 Å². The van der Waals surface area contributed by atoms with Gasteiger partial charge in [-0.15, -0.1) is 11.3 Å². The van der Waals surface area contributed by atoms with Crippen LogP contribution in [0, 0.1) is 0 Å². The summed E-state index contributed by atoms with van der Waals surface area (Å²) in [6.07, 6.45) is -3.92. The van der Waals surface area contributed by atoms with Gasteiger partial charge in [0.2, 0.25) is 0 Å². The van der Waals surface area contributed by atoms with Crippen LogP contribution in [0.15, 0.2) is 29.6 Å². The van der Waals surface area contributed by atoms with Crippen LogP contribution in [0.2, 0.25) is 0 Å². The van der Waals surface area contributed by atoms with Gasteiger partial charge in [-0.2, -0.15) is 13.2 Å². The van der Waals surface area contributed by atoms with Gasteiger partial charge in [-0.3, -0.25) is 4.90 Å². The maximum atomic E-state index is 12.6. The third kappa shape index (κ3) is 4.15. The van der Waals surface area contributed by atoms with Gasteiger partial charge in [-0.05, 0) is 26.0 Å². The van der Waals surface area contributed by atoms with Crippen LogP contribution in [0.4, 0.5) is 13.2 Å². The summed E-state index contributed by atoms with van der Waals surface area (Å²) < 4.78 is 43.6. The number of benzene rings is 1. The molecular weight excluding hydrogens is 337 g/mol. The molecule has 1 aliphatic rings. The van der Waals surface area contributed by atoms with E-state index in [1.807, 2.05) is 5.38 Å². The van der Waals surface area contributed by atoms with Crippen molar-refractivity contribution in [1.29, 1.82) is 0 Å². The van der Waals surface area contributed by atoms with Gasteiger partial charge in [-0.1, -0.05) is 12.1 Å². The predicted octanol–water partition coefficient (Wildman–Crippen LogP) is 4.44. The Kier molecular flexibility index (Phi) is 4.94. The summed E-state index contributed by atoms with van der Waals surface area (Å²) in [6.45, 7) is 6.55. The summed E-state index contributed by atoms with van der Waals surface area (Å²) in [6, 6.07) is 5.15. The molecule has 2 heterocycles. The number of alkyl halides is 3. The molecule has 1 aromatic heterocycles. The van der Waals surface area contributed by atoms with Gasteiger partial charge >= 0.3 is 6.18 Å². The van der Waals surface area contributed by atoms with Crippen molar-refractivity contribution in [3.8, 4) is 10.6 Å². The fourth-order valence-corrected chi connectivity index (χ4v) is 3.77. The molecule has 0 N–H and O–H groups in total. The average molecular weight is 356 g/mol. The highest BCUT2D eigenvalue weighted by Crippen LogP contribution is 2.32. The Labute approximate surface area is 143 Å². The van der Waals surface area contributed by atoms with E-state index in [1.165, 1.54) is 23.5 Å². The molecule has 3 nitrogen and oxygen atoms in total. The molecule has 7 heteroatoms. The highest BCUT2D eigenvalue weighted by molar-refractivity contribution is 7.13. The Morgan fingerprint density at radius 1 is 1.17 bits per heavy atom. The van der Waals surface area contributed by atoms with Crippen molar-refractivity contribution in [3.63, 3.8) is 0 Å². The number of morpholine rings is 1. The largest absolute Gasteiger partial charge is 0.416 e. The molecule has 1 saturated heterocycles. The van der Waals surface area contributed by atoms with Crippen LogP contribution < -0.4 is 0 Å². The fraction of sp³-hybridized carbons (Fsp3) is 0.471. The molecule has 2 aromatic rings. The minimum absolute atomic E-state index is 0.196. The number of aromatic nitrogens is 1. The molecule has 1 aliphatic heterocycles. The first kappa shape index (κ1) is 17.4. The summed E-state index contributed by atoms with van der Waals surface area (Å²) in [5, 5.41) is 2.71. The van der Waals surface area contributed by atoms with E-state index in [2.05, 4.69) is 23.7 Å². The van der Waals surface area contributed by atoms with Crippen LogP contribution >= 0.6 is 11.3 Å². The Morgan fingerprint density at radius 2 is 1.79 bits per heavy atom. The minimum Gasteiger partial charge on any atom is -0.373 e. The van der Waals surface area contributed by atoms with E-state index in [0.717, 1.165) is 42.5 Å². The van der Waals surface area contributed by atoms with Gasteiger partial charge in [-0.25, -0.2) is 4.98 Å². The normalized spacial score (nSPS) is 22.7. The number of hydrogen-bond acceptors (Lipinski definition) is 4. The summed E-state index contributed by atoms with van der Waals surface area (Å²) in [4.78, 5) is 6.87. The summed E-state index contributed by atoms with van der Waals surface area (Å²) >= 11 is 1.46. The second-order valence-corrected chi connectivity index (χ2v) is 7.03. The number of halogens is 3. The van der Waals surface area contributed by atoms with Gasteiger partial charge < -0.3 is 4.74 Å². The average Bonchev–Trinajstić information content (AvgIpc) is 2.94. The van der Waals surface area contributed by atoms with E-state index in [4.69, 9.17) is 4.74 Å². The quantitative estimate of drug-likeness (QED) is 0.813. The number of rotatable bonds is 3. The van der Waals surface area contributed by atoms with Crippen molar-refractivity contribution in [3.05, 3.63) is 40.9 Å². The lowest BCUT2D eigenvalue weighted by molar-refractivity contribution is -0.137. The Morgan fingerprint density at radius 3 is 2.38 bits per heavy atom. The van der Waals surface area contributed by atoms with Gasteiger partial charge in [0.1, 0.15) is 5.01 Å². The van der Waals surface area contributed by atoms with Crippen LogP contribution in [0.1, 0.15) is 25.1 Å². The van der Waals surface area contributed by atoms with Crippen molar-refractivity contribution < 1.29 is 17.9 Å². The van der Waals surface area contributed by atoms with Gasteiger partial charge in [0.15, 0.2) is 0 Å². The molecular formula is C17H19F3N2OS. The van der Waals surface area contributed by atoms with Crippen LogP contribution in [0.3, 0.4) is 0 Å². The van der Waals surface area contributed by atoms with Crippen molar-refractivity contribution in [2.75, 3.05) is 13.1 Å². The molecule has 3 rings (SSSR count). The highest BCUT2D eigenvalue weighted by atomic mass is 32.1. The second-order valence-electron chi connectivity index (χ2n) is 6.17. The topological polar surface area (TPSA) is 25.4 Å². The molecule has 1 fully saturated rings. The lowest BCUT2D eigenvalue weighted by Crippen LogP contribution is -2.44. The molecule has 2 atom stereocenters. The molecule has 1 aromatic carbocycles. The highest BCUT2D eigenvalue weighted by Gasteiger charge is 2.30. The van der Waals surface area contributed by atoms with Crippen molar-refractivity contribution in [2.45, 2.75) is 38.8 Å². The SMILES string of the molecule is C[C@@H]1CN(Cc2csc(-c3ccc(C(F)(F)F)cc3)n2)C[C@H](C)O1. The minimum atomic E-state index is -4.31. The molecule has 0 radical (unpaired) electrons. The molecule has 0 unspecified atom stereocenters. The lowest BCUT2D eigenvalue weighted by atomic mass is 10.1. The Bertz CT molecular complexity index is 674. The van der Waals surface area contributed by atoms with Crippen LogP contribution in [0.5, 0.6) is 0 Å². The third-order valence-electron chi connectivity index (χ3n) is 3.89. The number of ether oxygens (including phenoxy) is 1. The van der Waals surface area contributed by atoms with E-state index in [0.29, 0.717) is 5.56 Å². The van der Waals surface area contributed by atoms with E-state index in [9.17, 15) is 13.2 Å². The third-order valence-corrected chi connectivity index (χ3v) is 4.83. The zero-order valence-corrected chi connectivity index (χ0v) is 14.3. The van der Waals surface area contributed by atoms with Crippen LogP contribution in [-0.2, 0) is 17.5 Å². The monoisotopic (exact) mass is 356 g/mol. The van der Waals surface area contributed by atoms with E-state index < -0.39 is 11.7 Å². The Balaban J connectivity index is 1.69. The maximum Gasteiger partial charge on any atom is 0.416 e. The van der Waals surface area contributed by atoms with Gasteiger partial charge in [0.05, 0.1) is 23.5 Å². The zero-order valence-electron chi connectivity index (χ0n) is 13.5. The van der Waals surface area contributed by atoms with E-state index in [1.54, 1.807) is 0 Å². The van der Waals surface area contributed by atoms with Crippen molar-refractivity contribution in [1.82, 2.24) is 9.88 Å². The number of hydrogen-bond donors (Lipinski definition) is 0. The molecule has 130 valence electrons. The van der Waals surface area contributed by atoms with Crippen molar-refractivity contribution in [2.24, 2.45) is 0 Å². The second kappa shape index (κ2) is 6.82. The first-order chi connectivity index (χ1) is 11.3. The van der Waals surface area contributed by atoms with Crippen LogP contribution in [-0.4, -0.2) is 35.2 Å². The predicted molar refractivity (Wildman–Crippen MR) is 87.8 cm³/mol. The molecule has 0 bridgehead atoms. The molecule has 0 amide bonds. The fourth-order valence-electron chi connectivity index (χ4n) is 2.96. The standard InChI is InChI=1S/C17H19F3N2OS/c1-11-7-22(8-12(2)23-11)9-15-10-24-16(21-15)13-3-5-14(6-4-13)17(18,19)20/h3-6,10-12H,7-9H2,1-2H3/t11-,12+. The number of thiazole rings is 1. The first-order valence-corrected chi connectivity index (χ1v) is 8.69. The van der Waals surface area contributed by atoms with Gasteiger partial charge in [0, 0.05) is 30.6 Å². The smallest absolute Gasteiger partial charge is 0.373 e. The van der Waals surface area contributed by atoms with E-state index in [-0.39, 0.29) is 12.2 Å². The molecule has 0 saturated carbocycles. The molecule has 24 heavy (non-hydrogen) atoms.